The van der Waals surface area contributed by atoms with Gasteiger partial charge in [0.05, 0.1) is 0 Å². The Balaban J connectivity index is 2.12. The highest BCUT2D eigenvalue weighted by atomic mass is 32.1. The summed E-state index contributed by atoms with van der Waals surface area (Å²) in [5.74, 6) is 0.910. The first kappa shape index (κ1) is 13.6. The van der Waals surface area contributed by atoms with Crippen molar-refractivity contribution in [1.82, 2.24) is 0 Å². The van der Waals surface area contributed by atoms with Crippen LogP contribution >= 0.6 is 12.6 Å². The van der Waals surface area contributed by atoms with E-state index in [0.717, 1.165) is 28.9 Å². The highest BCUT2D eigenvalue weighted by molar-refractivity contribution is 7.80. The maximum atomic E-state index is 12.2. The summed E-state index contributed by atoms with van der Waals surface area (Å²) in [4.78, 5) is 12.2. The van der Waals surface area contributed by atoms with Gasteiger partial charge in [-0.3, -0.25) is 4.79 Å². The second-order valence-corrected chi connectivity index (χ2v) is 4.68. The van der Waals surface area contributed by atoms with Crippen molar-refractivity contribution in [3.05, 3.63) is 77.4 Å². The van der Waals surface area contributed by atoms with Crippen LogP contribution in [0.4, 0.5) is 0 Å². The number of ketones is 1. The summed E-state index contributed by atoms with van der Waals surface area (Å²) in [5, 5.41) is 0. The van der Waals surface area contributed by atoms with E-state index in [1.807, 2.05) is 60.7 Å². The quantitative estimate of drug-likeness (QED) is 0.633. The number of hydrogen-bond donors (Lipinski definition) is 1. The van der Waals surface area contributed by atoms with Gasteiger partial charge in [-0.25, -0.2) is 0 Å². The molecule has 0 aliphatic carbocycles. The number of thiol groups is 1. The second kappa shape index (κ2) is 6.95. The fourth-order valence-corrected chi connectivity index (χ4v) is 1.94. The standard InChI is InChI=1S/C17H16OS/c18-17(15-7-2-1-3-8-15)16-11-9-14(10-12-16)6-4-5-13-19/h1-4,6-12,19H,5,13H2. The Bertz CT molecular complexity index is 556. The molecule has 0 saturated carbocycles. The number of rotatable bonds is 5. The van der Waals surface area contributed by atoms with Gasteiger partial charge in [-0.05, 0) is 17.7 Å². The molecule has 2 aromatic carbocycles. The summed E-state index contributed by atoms with van der Waals surface area (Å²) in [5.41, 5.74) is 2.55. The number of benzene rings is 2. The molecular formula is C17H16OS. The van der Waals surface area contributed by atoms with Crippen LogP contribution in [0.5, 0.6) is 0 Å². The monoisotopic (exact) mass is 268 g/mol. The van der Waals surface area contributed by atoms with Crippen molar-refractivity contribution in [2.24, 2.45) is 0 Å². The van der Waals surface area contributed by atoms with Crippen molar-refractivity contribution >= 4 is 24.5 Å². The molecule has 0 heterocycles. The molecule has 2 heteroatoms. The summed E-state index contributed by atoms with van der Waals surface area (Å²) < 4.78 is 0. The largest absolute Gasteiger partial charge is 0.289 e. The van der Waals surface area contributed by atoms with Crippen LogP contribution in [0.1, 0.15) is 27.9 Å². The molecule has 0 unspecified atom stereocenters. The molecule has 0 N–H and O–H groups in total. The summed E-state index contributed by atoms with van der Waals surface area (Å²) in [6.45, 7) is 0. The molecule has 2 rings (SSSR count). The zero-order valence-electron chi connectivity index (χ0n) is 10.6. The Morgan fingerprint density at radius 2 is 1.58 bits per heavy atom. The van der Waals surface area contributed by atoms with Crippen molar-refractivity contribution in [2.45, 2.75) is 6.42 Å². The molecule has 0 aromatic heterocycles. The van der Waals surface area contributed by atoms with Gasteiger partial charge in [0.1, 0.15) is 0 Å². The van der Waals surface area contributed by atoms with Crippen molar-refractivity contribution < 1.29 is 4.79 Å². The van der Waals surface area contributed by atoms with Crippen LogP contribution in [0.25, 0.3) is 6.08 Å². The molecule has 0 spiro atoms. The fourth-order valence-electron chi connectivity index (χ4n) is 1.80. The van der Waals surface area contributed by atoms with Gasteiger partial charge in [0.15, 0.2) is 5.78 Å². The molecule has 19 heavy (non-hydrogen) atoms. The Kier molecular flexibility index (Phi) is 4.99. The van der Waals surface area contributed by atoms with E-state index < -0.39 is 0 Å². The van der Waals surface area contributed by atoms with E-state index in [1.54, 1.807) is 0 Å². The van der Waals surface area contributed by atoms with Crippen LogP contribution < -0.4 is 0 Å². The van der Waals surface area contributed by atoms with Gasteiger partial charge in [0.2, 0.25) is 0 Å². The average Bonchev–Trinajstić information content (AvgIpc) is 2.48. The molecule has 0 radical (unpaired) electrons. The Labute approximate surface area is 119 Å². The SMILES string of the molecule is O=C(c1ccccc1)c1ccc(C=CCCS)cc1. The Morgan fingerprint density at radius 1 is 0.947 bits per heavy atom. The number of hydrogen-bond acceptors (Lipinski definition) is 2. The second-order valence-electron chi connectivity index (χ2n) is 4.23. The summed E-state index contributed by atoms with van der Waals surface area (Å²) in [7, 11) is 0. The molecule has 96 valence electrons. The van der Waals surface area contributed by atoms with Crippen LogP contribution in [-0.2, 0) is 0 Å². The molecule has 0 aliphatic rings. The Morgan fingerprint density at radius 3 is 2.21 bits per heavy atom. The number of carbonyl (C=O) groups excluding carboxylic acids is 1. The van der Waals surface area contributed by atoms with E-state index in [1.165, 1.54) is 0 Å². The van der Waals surface area contributed by atoms with E-state index in [9.17, 15) is 4.79 Å². The van der Waals surface area contributed by atoms with Crippen molar-refractivity contribution in [2.75, 3.05) is 5.75 Å². The average molecular weight is 268 g/mol. The molecular weight excluding hydrogens is 252 g/mol. The van der Waals surface area contributed by atoms with Crippen LogP contribution in [0.15, 0.2) is 60.7 Å². The molecule has 0 bridgehead atoms. The zero-order chi connectivity index (χ0) is 13.5. The van der Waals surface area contributed by atoms with E-state index in [0.29, 0.717) is 0 Å². The third-order valence-electron chi connectivity index (χ3n) is 2.81. The first-order valence-electron chi connectivity index (χ1n) is 6.28. The van der Waals surface area contributed by atoms with E-state index >= 15 is 0 Å². The normalized spacial score (nSPS) is 10.8. The fraction of sp³-hybridized carbons (Fsp3) is 0.118. The van der Waals surface area contributed by atoms with Crippen molar-refractivity contribution in [1.29, 1.82) is 0 Å². The minimum atomic E-state index is 0.0616. The molecule has 0 saturated heterocycles. The lowest BCUT2D eigenvalue weighted by Crippen LogP contribution is -2.00. The third-order valence-corrected chi connectivity index (χ3v) is 3.07. The van der Waals surface area contributed by atoms with Crippen molar-refractivity contribution in [3.8, 4) is 0 Å². The third kappa shape index (κ3) is 3.83. The molecule has 2 aromatic rings. The first-order chi connectivity index (χ1) is 9.31. The predicted molar refractivity (Wildman–Crippen MR) is 83.8 cm³/mol. The van der Waals surface area contributed by atoms with Crippen LogP contribution in [0, 0.1) is 0 Å². The maximum absolute atomic E-state index is 12.2. The van der Waals surface area contributed by atoms with Gasteiger partial charge in [-0.1, -0.05) is 66.7 Å². The summed E-state index contributed by atoms with van der Waals surface area (Å²) in [6, 6.07) is 17.0. The van der Waals surface area contributed by atoms with Gasteiger partial charge in [-0.15, -0.1) is 0 Å². The lowest BCUT2D eigenvalue weighted by molar-refractivity contribution is 0.103. The topological polar surface area (TPSA) is 17.1 Å². The zero-order valence-corrected chi connectivity index (χ0v) is 11.5. The molecule has 0 aliphatic heterocycles. The summed E-state index contributed by atoms with van der Waals surface area (Å²) >= 11 is 4.15. The van der Waals surface area contributed by atoms with E-state index in [-0.39, 0.29) is 5.78 Å². The first-order valence-corrected chi connectivity index (χ1v) is 6.92. The molecule has 0 amide bonds. The summed E-state index contributed by atoms with van der Waals surface area (Å²) in [6.07, 6.45) is 5.09. The minimum Gasteiger partial charge on any atom is -0.289 e. The minimum absolute atomic E-state index is 0.0616. The van der Waals surface area contributed by atoms with Crippen LogP contribution in [0.2, 0.25) is 0 Å². The van der Waals surface area contributed by atoms with Gasteiger partial charge in [-0.2, -0.15) is 12.6 Å². The molecule has 0 fully saturated rings. The highest BCUT2D eigenvalue weighted by Gasteiger charge is 2.07. The van der Waals surface area contributed by atoms with E-state index in [4.69, 9.17) is 0 Å². The number of carbonyl (C=O) groups is 1. The highest BCUT2D eigenvalue weighted by Crippen LogP contribution is 2.12. The van der Waals surface area contributed by atoms with Crippen LogP contribution in [0.3, 0.4) is 0 Å². The van der Waals surface area contributed by atoms with Crippen molar-refractivity contribution in [3.63, 3.8) is 0 Å². The maximum Gasteiger partial charge on any atom is 0.193 e. The predicted octanol–water partition coefficient (Wildman–Crippen LogP) is 4.25. The van der Waals surface area contributed by atoms with Gasteiger partial charge in [0.25, 0.3) is 0 Å². The van der Waals surface area contributed by atoms with Gasteiger partial charge in [0, 0.05) is 11.1 Å². The lowest BCUT2D eigenvalue weighted by atomic mass is 10.0. The smallest absolute Gasteiger partial charge is 0.193 e. The lowest BCUT2D eigenvalue weighted by Gasteiger charge is -2.01. The van der Waals surface area contributed by atoms with Gasteiger partial charge >= 0.3 is 0 Å². The van der Waals surface area contributed by atoms with Gasteiger partial charge < -0.3 is 0 Å². The Hall–Kier alpha value is -1.80. The van der Waals surface area contributed by atoms with Crippen LogP contribution in [-0.4, -0.2) is 11.5 Å². The van der Waals surface area contributed by atoms with E-state index in [2.05, 4.69) is 18.7 Å². The number of allylic oxidation sites excluding steroid dienone is 1. The molecule has 1 nitrogen and oxygen atoms in total. The molecule has 0 atom stereocenters.